The Kier molecular flexibility index (Phi) is 4.76. The van der Waals surface area contributed by atoms with E-state index in [-0.39, 0.29) is 24.1 Å². The SMILES string of the molecule is CC(NC(=O)Cn1cnc2ccccc2c1=O)c1ccccc1Br. The van der Waals surface area contributed by atoms with Gasteiger partial charge in [0.1, 0.15) is 6.54 Å². The van der Waals surface area contributed by atoms with Crippen molar-refractivity contribution in [3.8, 4) is 0 Å². The normalized spacial score (nSPS) is 12.1. The molecule has 1 amide bonds. The topological polar surface area (TPSA) is 64.0 Å². The molecule has 3 aromatic rings. The maximum Gasteiger partial charge on any atom is 0.261 e. The van der Waals surface area contributed by atoms with E-state index in [1.54, 1.807) is 18.2 Å². The summed E-state index contributed by atoms with van der Waals surface area (Å²) in [7, 11) is 0. The molecule has 2 aromatic carbocycles. The molecule has 1 unspecified atom stereocenters. The van der Waals surface area contributed by atoms with Gasteiger partial charge in [0.05, 0.1) is 23.3 Å². The van der Waals surface area contributed by atoms with E-state index in [9.17, 15) is 9.59 Å². The average Bonchev–Trinajstić information content (AvgIpc) is 2.58. The Morgan fingerprint density at radius 2 is 1.92 bits per heavy atom. The van der Waals surface area contributed by atoms with Crippen LogP contribution in [-0.2, 0) is 11.3 Å². The van der Waals surface area contributed by atoms with Crippen LogP contribution in [0.5, 0.6) is 0 Å². The third kappa shape index (κ3) is 3.38. The zero-order chi connectivity index (χ0) is 17.1. The number of aromatic nitrogens is 2. The van der Waals surface area contributed by atoms with Gasteiger partial charge < -0.3 is 5.32 Å². The zero-order valence-corrected chi connectivity index (χ0v) is 14.7. The van der Waals surface area contributed by atoms with Crippen LogP contribution in [0.3, 0.4) is 0 Å². The van der Waals surface area contributed by atoms with E-state index in [0.29, 0.717) is 10.9 Å². The van der Waals surface area contributed by atoms with Crippen molar-refractivity contribution in [1.29, 1.82) is 0 Å². The summed E-state index contributed by atoms with van der Waals surface area (Å²) in [6.07, 6.45) is 1.41. The van der Waals surface area contributed by atoms with Gasteiger partial charge in [0.15, 0.2) is 0 Å². The number of hydrogen-bond donors (Lipinski definition) is 1. The summed E-state index contributed by atoms with van der Waals surface area (Å²) in [5.74, 6) is -0.238. The second kappa shape index (κ2) is 6.97. The summed E-state index contributed by atoms with van der Waals surface area (Å²) in [6, 6.07) is 14.6. The molecular weight excluding hydrogens is 370 g/mol. The molecule has 5 nitrogen and oxygen atoms in total. The monoisotopic (exact) mass is 385 g/mol. The second-order valence-electron chi connectivity index (χ2n) is 5.51. The number of benzene rings is 2. The molecule has 1 N–H and O–H groups in total. The first kappa shape index (κ1) is 16.4. The number of para-hydroxylation sites is 1. The smallest absolute Gasteiger partial charge is 0.261 e. The van der Waals surface area contributed by atoms with Gasteiger partial charge >= 0.3 is 0 Å². The van der Waals surface area contributed by atoms with Crippen LogP contribution in [0.1, 0.15) is 18.5 Å². The highest BCUT2D eigenvalue weighted by molar-refractivity contribution is 9.10. The predicted molar refractivity (Wildman–Crippen MR) is 96.7 cm³/mol. The number of hydrogen-bond acceptors (Lipinski definition) is 3. The number of nitrogens with one attached hydrogen (secondary N) is 1. The Morgan fingerprint density at radius 1 is 1.21 bits per heavy atom. The fourth-order valence-corrected chi connectivity index (χ4v) is 3.19. The molecule has 0 aliphatic rings. The number of fused-ring (bicyclic) bond motifs is 1. The van der Waals surface area contributed by atoms with E-state index < -0.39 is 0 Å². The van der Waals surface area contributed by atoms with Gasteiger partial charge in [-0.3, -0.25) is 14.2 Å². The number of carbonyl (C=O) groups excluding carboxylic acids is 1. The molecule has 3 rings (SSSR count). The molecule has 6 heteroatoms. The Labute approximate surface area is 147 Å². The minimum Gasteiger partial charge on any atom is -0.348 e. The van der Waals surface area contributed by atoms with Crippen molar-refractivity contribution in [3.63, 3.8) is 0 Å². The van der Waals surface area contributed by atoms with Crippen molar-refractivity contribution in [2.75, 3.05) is 0 Å². The summed E-state index contributed by atoms with van der Waals surface area (Å²) < 4.78 is 2.26. The van der Waals surface area contributed by atoms with Crippen LogP contribution in [0.4, 0.5) is 0 Å². The van der Waals surface area contributed by atoms with Crippen LogP contribution in [-0.4, -0.2) is 15.5 Å². The number of halogens is 1. The summed E-state index contributed by atoms with van der Waals surface area (Å²) in [5.41, 5.74) is 1.39. The van der Waals surface area contributed by atoms with Crippen molar-refractivity contribution in [2.24, 2.45) is 0 Å². The van der Waals surface area contributed by atoms with Crippen LogP contribution in [0.25, 0.3) is 10.9 Å². The van der Waals surface area contributed by atoms with Crippen LogP contribution in [0.2, 0.25) is 0 Å². The number of carbonyl (C=O) groups is 1. The van der Waals surface area contributed by atoms with Crippen LogP contribution >= 0.6 is 15.9 Å². The Bertz CT molecular complexity index is 952. The van der Waals surface area contributed by atoms with Crippen LogP contribution < -0.4 is 10.9 Å². The van der Waals surface area contributed by atoms with E-state index in [2.05, 4.69) is 26.2 Å². The predicted octanol–water partition coefficient (Wildman–Crippen LogP) is 3.04. The molecule has 0 fully saturated rings. The first-order valence-electron chi connectivity index (χ1n) is 7.54. The molecule has 0 saturated carbocycles. The largest absolute Gasteiger partial charge is 0.348 e. The fraction of sp³-hybridized carbons (Fsp3) is 0.167. The van der Waals surface area contributed by atoms with Gasteiger partial charge in [0.2, 0.25) is 5.91 Å². The van der Waals surface area contributed by atoms with E-state index in [1.165, 1.54) is 10.9 Å². The lowest BCUT2D eigenvalue weighted by Crippen LogP contribution is -2.34. The summed E-state index contributed by atoms with van der Waals surface area (Å²) in [5, 5.41) is 3.41. The lowest BCUT2D eigenvalue weighted by molar-refractivity contribution is -0.122. The van der Waals surface area contributed by atoms with E-state index in [4.69, 9.17) is 0 Å². The molecule has 1 heterocycles. The molecule has 0 radical (unpaired) electrons. The first-order chi connectivity index (χ1) is 11.6. The molecule has 0 bridgehead atoms. The van der Waals surface area contributed by atoms with Gasteiger partial charge in [-0.2, -0.15) is 0 Å². The highest BCUT2D eigenvalue weighted by Gasteiger charge is 2.13. The van der Waals surface area contributed by atoms with Crippen LogP contribution in [0.15, 0.2) is 64.1 Å². The summed E-state index contributed by atoms with van der Waals surface area (Å²) in [4.78, 5) is 28.9. The van der Waals surface area contributed by atoms with E-state index in [1.807, 2.05) is 37.3 Å². The minimum absolute atomic E-state index is 0.0640. The van der Waals surface area contributed by atoms with Gasteiger partial charge in [-0.1, -0.05) is 46.3 Å². The molecule has 1 atom stereocenters. The van der Waals surface area contributed by atoms with E-state index >= 15 is 0 Å². The Morgan fingerprint density at radius 3 is 2.71 bits per heavy atom. The maximum atomic E-state index is 12.4. The highest BCUT2D eigenvalue weighted by Crippen LogP contribution is 2.22. The Hall–Kier alpha value is -2.47. The minimum atomic E-state index is -0.238. The Balaban J connectivity index is 1.77. The van der Waals surface area contributed by atoms with Gasteiger partial charge in [0, 0.05) is 4.47 Å². The molecule has 24 heavy (non-hydrogen) atoms. The van der Waals surface area contributed by atoms with Gasteiger partial charge in [0.25, 0.3) is 5.56 Å². The third-order valence-electron chi connectivity index (χ3n) is 3.79. The molecule has 1 aromatic heterocycles. The summed E-state index contributed by atoms with van der Waals surface area (Å²) in [6.45, 7) is 1.84. The third-order valence-corrected chi connectivity index (χ3v) is 4.52. The van der Waals surface area contributed by atoms with Crippen molar-refractivity contribution in [2.45, 2.75) is 19.5 Å². The van der Waals surface area contributed by atoms with Crippen molar-refractivity contribution >= 4 is 32.7 Å². The van der Waals surface area contributed by atoms with Crippen molar-refractivity contribution in [1.82, 2.24) is 14.9 Å². The molecular formula is C18H16BrN3O2. The number of nitrogens with zero attached hydrogens (tertiary/aromatic N) is 2. The standard InChI is InChI=1S/C18H16BrN3O2/c1-12(13-6-2-4-8-15(13)19)21-17(23)10-22-11-20-16-9-5-3-7-14(16)18(22)24/h2-9,11-12H,10H2,1H3,(H,21,23). The molecule has 122 valence electrons. The van der Waals surface area contributed by atoms with Crippen molar-refractivity contribution < 1.29 is 4.79 Å². The van der Waals surface area contributed by atoms with E-state index in [0.717, 1.165) is 10.0 Å². The quantitative estimate of drug-likeness (QED) is 0.750. The van der Waals surface area contributed by atoms with Crippen molar-refractivity contribution in [3.05, 3.63) is 75.2 Å². The van der Waals surface area contributed by atoms with Gasteiger partial charge in [-0.25, -0.2) is 4.98 Å². The molecule has 0 aliphatic carbocycles. The maximum absolute atomic E-state index is 12.4. The summed E-state index contributed by atoms with van der Waals surface area (Å²) >= 11 is 3.48. The molecule has 0 spiro atoms. The fourth-order valence-electron chi connectivity index (χ4n) is 2.56. The highest BCUT2D eigenvalue weighted by atomic mass is 79.9. The zero-order valence-electron chi connectivity index (χ0n) is 13.1. The average molecular weight is 386 g/mol. The van der Waals surface area contributed by atoms with Gasteiger partial charge in [-0.15, -0.1) is 0 Å². The molecule has 0 saturated heterocycles. The lowest BCUT2D eigenvalue weighted by atomic mass is 10.1. The number of rotatable bonds is 4. The van der Waals surface area contributed by atoms with Crippen LogP contribution in [0, 0.1) is 0 Å². The lowest BCUT2D eigenvalue weighted by Gasteiger charge is -2.16. The van der Waals surface area contributed by atoms with Gasteiger partial charge in [-0.05, 0) is 30.7 Å². The first-order valence-corrected chi connectivity index (χ1v) is 8.33. The number of amides is 1. The molecule has 0 aliphatic heterocycles. The second-order valence-corrected chi connectivity index (χ2v) is 6.36.